The van der Waals surface area contributed by atoms with Crippen LogP contribution >= 0.6 is 0 Å². The van der Waals surface area contributed by atoms with Crippen LogP contribution in [0.4, 0.5) is 10.5 Å². The van der Waals surface area contributed by atoms with E-state index in [4.69, 9.17) is 23.7 Å². The molecule has 0 N–H and O–H groups in total. The summed E-state index contributed by atoms with van der Waals surface area (Å²) < 4.78 is 27.2. The molecule has 0 aromatic heterocycles. The Morgan fingerprint density at radius 1 is 0.837 bits per heavy atom. The summed E-state index contributed by atoms with van der Waals surface area (Å²) in [4.78, 5) is 71.4. The number of likely N-dealkylation sites (N-methyl/N-ethyl adjacent to an activating group) is 2. The van der Waals surface area contributed by atoms with Gasteiger partial charge in [0.05, 0.1) is 20.3 Å². The molecule has 0 unspecified atom stereocenters. The summed E-state index contributed by atoms with van der Waals surface area (Å²) >= 11 is 0. The zero-order valence-electron chi connectivity index (χ0n) is 30.0. The van der Waals surface area contributed by atoms with Crippen LogP contribution in [-0.2, 0) is 49.3 Å². The van der Waals surface area contributed by atoms with Crippen molar-refractivity contribution in [1.29, 1.82) is 0 Å². The first kappa shape index (κ1) is 37.9. The Hall–Kier alpha value is -3.87. The molecule has 3 fully saturated rings. The summed E-state index contributed by atoms with van der Waals surface area (Å²) in [5, 5.41) is 0. The third kappa shape index (κ3) is 11.3. The van der Waals surface area contributed by atoms with Crippen molar-refractivity contribution in [2.24, 2.45) is 11.8 Å². The monoisotopic (exact) mass is 687 g/mol. The van der Waals surface area contributed by atoms with Crippen molar-refractivity contribution in [3.63, 3.8) is 0 Å². The fraction of sp³-hybridized carbons (Fsp3) is 0.694. The van der Waals surface area contributed by atoms with E-state index in [9.17, 15) is 24.0 Å². The minimum absolute atomic E-state index is 0.0361. The average Bonchev–Trinajstić information content (AvgIpc) is 4.01. The maximum Gasteiger partial charge on any atom is 0.410 e. The predicted octanol–water partition coefficient (Wildman–Crippen LogP) is 3.74. The first-order chi connectivity index (χ1) is 23.2. The van der Waals surface area contributed by atoms with Gasteiger partial charge in [0.15, 0.2) is 12.2 Å². The van der Waals surface area contributed by atoms with E-state index in [2.05, 4.69) is 4.90 Å². The highest BCUT2D eigenvalue weighted by atomic mass is 16.6. The number of esters is 3. The number of carbonyl (C=O) groups is 5. The highest BCUT2D eigenvalue weighted by molar-refractivity contribution is 5.90. The van der Waals surface area contributed by atoms with Crippen LogP contribution < -0.4 is 4.90 Å². The van der Waals surface area contributed by atoms with Crippen molar-refractivity contribution < 1.29 is 47.7 Å². The molecule has 1 aromatic rings. The number of rotatable bonds is 15. The van der Waals surface area contributed by atoms with E-state index < -0.39 is 59.8 Å². The van der Waals surface area contributed by atoms with Gasteiger partial charge in [0.25, 0.3) is 5.91 Å². The highest BCUT2D eigenvalue weighted by Crippen LogP contribution is 2.36. The molecule has 0 radical (unpaired) electrons. The van der Waals surface area contributed by atoms with Gasteiger partial charge in [-0.2, -0.15) is 0 Å². The molecule has 1 aliphatic heterocycles. The number of morpholine rings is 1. The van der Waals surface area contributed by atoms with Gasteiger partial charge in [-0.25, -0.2) is 19.2 Å². The van der Waals surface area contributed by atoms with Crippen molar-refractivity contribution >= 4 is 35.6 Å². The summed E-state index contributed by atoms with van der Waals surface area (Å²) in [6.07, 6.45) is 1.30. The van der Waals surface area contributed by atoms with Gasteiger partial charge in [-0.15, -0.1) is 0 Å². The molecule has 0 bridgehead atoms. The van der Waals surface area contributed by atoms with Crippen molar-refractivity contribution in [1.82, 2.24) is 9.80 Å². The molecule has 2 saturated carbocycles. The molecule has 2 amide bonds. The van der Waals surface area contributed by atoms with Gasteiger partial charge < -0.3 is 33.5 Å². The van der Waals surface area contributed by atoms with Gasteiger partial charge in [-0.05, 0) is 70.1 Å². The van der Waals surface area contributed by atoms with Crippen LogP contribution in [0.2, 0.25) is 0 Å². The normalized spacial score (nSPS) is 18.7. The van der Waals surface area contributed by atoms with Crippen molar-refractivity contribution in [3.8, 4) is 0 Å². The number of anilines is 1. The van der Waals surface area contributed by atoms with Crippen LogP contribution in [0, 0.1) is 11.8 Å². The summed E-state index contributed by atoms with van der Waals surface area (Å²) in [7, 11) is 4.18. The maximum atomic E-state index is 14.3. The van der Waals surface area contributed by atoms with Crippen molar-refractivity contribution in [2.45, 2.75) is 103 Å². The van der Waals surface area contributed by atoms with Gasteiger partial charge in [0.1, 0.15) is 17.7 Å². The van der Waals surface area contributed by atoms with Crippen molar-refractivity contribution in [3.05, 3.63) is 29.8 Å². The van der Waals surface area contributed by atoms with Gasteiger partial charge in [-0.3, -0.25) is 9.69 Å². The summed E-state index contributed by atoms with van der Waals surface area (Å²) in [5.41, 5.74) is 0.987. The Labute approximate surface area is 289 Å². The molecule has 2 aliphatic carbocycles. The van der Waals surface area contributed by atoms with E-state index in [1.54, 1.807) is 20.8 Å². The van der Waals surface area contributed by atoms with Crippen LogP contribution in [-0.4, -0.2) is 117 Å². The summed E-state index contributed by atoms with van der Waals surface area (Å²) in [6.45, 7) is 9.47. The number of hydrogen-bond donors (Lipinski definition) is 0. The number of nitrogens with zero attached hydrogens (tertiary/aromatic N) is 3. The van der Waals surface area contributed by atoms with Gasteiger partial charge in [-0.1, -0.05) is 37.8 Å². The fourth-order valence-electron chi connectivity index (χ4n) is 5.75. The summed E-state index contributed by atoms with van der Waals surface area (Å²) in [5.74, 6) is -2.30. The van der Waals surface area contributed by atoms with Crippen LogP contribution in [0.5, 0.6) is 0 Å². The predicted molar refractivity (Wildman–Crippen MR) is 180 cm³/mol. The Morgan fingerprint density at radius 3 is 1.88 bits per heavy atom. The third-order valence-electron chi connectivity index (χ3n) is 9.11. The van der Waals surface area contributed by atoms with Gasteiger partial charge in [0, 0.05) is 39.3 Å². The Balaban J connectivity index is 1.58. The average molecular weight is 688 g/mol. The molecule has 4 rings (SSSR count). The van der Waals surface area contributed by atoms with E-state index >= 15 is 0 Å². The molecule has 3 aliphatic rings. The highest BCUT2D eigenvalue weighted by Gasteiger charge is 2.42. The fourth-order valence-corrected chi connectivity index (χ4v) is 5.75. The minimum Gasteiger partial charge on any atom is -0.466 e. The number of methoxy groups -OCH3 is 1. The molecule has 1 heterocycles. The van der Waals surface area contributed by atoms with Crippen LogP contribution in [0.15, 0.2) is 24.3 Å². The number of carbonyl (C=O) groups excluding carboxylic acids is 5. The molecule has 0 spiro atoms. The lowest BCUT2D eigenvalue weighted by atomic mass is 10.0. The molecule has 49 heavy (non-hydrogen) atoms. The zero-order valence-corrected chi connectivity index (χ0v) is 30.0. The topological polar surface area (TPSA) is 141 Å². The molecular formula is C36H53N3O10. The third-order valence-corrected chi connectivity index (χ3v) is 9.11. The second-order valence-electron chi connectivity index (χ2n) is 14.4. The quantitative estimate of drug-likeness (QED) is 0.197. The number of hydrogen-bond acceptors (Lipinski definition) is 11. The molecule has 1 aromatic carbocycles. The van der Waals surface area contributed by atoms with E-state index in [1.165, 1.54) is 37.9 Å². The smallest absolute Gasteiger partial charge is 0.410 e. The van der Waals surface area contributed by atoms with Crippen LogP contribution in [0.3, 0.4) is 0 Å². The van der Waals surface area contributed by atoms with Crippen LogP contribution in [0.25, 0.3) is 0 Å². The largest absolute Gasteiger partial charge is 0.466 e. The van der Waals surface area contributed by atoms with E-state index in [1.807, 2.05) is 24.3 Å². The van der Waals surface area contributed by atoms with E-state index in [0.29, 0.717) is 26.1 Å². The standard InChI is InChI=1S/C36H53N3O10/c1-23(32(41)45-7)47-33(42)28(20-24-8-9-24)37(5)31(40)30(22-26-12-14-27(15-13-26)39-16-18-46-19-17-39)48-34(43)29(21-25-10-11-25)38(6)35(44)49-36(2,3)4/h12-15,23-25,28-30H,8-11,16-22H2,1-7H3/t23-,28+,29+,30-/m1/s1. The lowest BCUT2D eigenvalue weighted by molar-refractivity contribution is -0.172. The molecule has 13 nitrogen and oxygen atoms in total. The molecule has 13 heteroatoms. The second-order valence-corrected chi connectivity index (χ2v) is 14.4. The minimum atomic E-state index is -1.31. The lowest BCUT2D eigenvalue weighted by Crippen LogP contribution is -2.52. The maximum absolute atomic E-state index is 14.3. The lowest BCUT2D eigenvalue weighted by Gasteiger charge is -2.33. The van der Waals surface area contributed by atoms with E-state index in [-0.39, 0.29) is 18.3 Å². The Bertz CT molecular complexity index is 1320. The van der Waals surface area contributed by atoms with Gasteiger partial charge >= 0.3 is 24.0 Å². The molecule has 4 atom stereocenters. The first-order valence-electron chi connectivity index (χ1n) is 17.3. The summed E-state index contributed by atoms with van der Waals surface area (Å²) in [6, 6.07) is 5.72. The number of amides is 2. The molecule has 272 valence electrons. The zero-order chi connectivity index (χ0) is 35.9. The van der Waals surface area contributed by atoms with Crippen LogP contribution in [0.1, 0.15) is 71.8 Å². The van der Waals surface area contributed by atoms with Crippen molar-refractivity contribution in [2.75, 3.05) is 52.4 Å². The second kappa shape index (κ2) is 16.7. The Morgan fingerprint density at radius 2 is 1.37 bits per heavy atom. The first-order valence-corrected chi connectivity index (χ1v) is 17.3. The molecular weight excluding hydrogens is 634 g/mol. The van der Waals surface area contributed by atoms with Gasteiger partial charge in [0.2, 0.25) is 0 Å². The SMILES string of the molecule is COC(=O)[C@@H](C)OC(=O)[C@H](CC1CC1)N(C)C(=O)[C@@H](Cc1ccc(N2CCOCC2)cc1)OC(=O)[C@H](CC1CC1)N(C)C(=O)OC(C)(C)C. The Kier molecular flexibility index (Phi) is 12.9. The van der Waals surface area contributed by atoms with E-state index in [0.717, 1.165) is 50.0 Å². The molecule has 1 saturated heterocycles. The number of ether oxygens (including phenoxy) is 5. The number of benzene rings is 1.